The summed E-state index contributed by atoms with van der Waals surface area (Å²) in [5, 5.41) is 10.5. The average molecular weight is 510 g/mol. The number of benzene rings is 1. The Morgan fingerprint density at radius 2 is 1.94 bits per heavy atom. The Morgan fingerprint density at radius 1 is 1.14 bits per heavy atom. The van der Waals surface area contributed by atoms with Gasteiger partial charge in [-0.05, 0) is 55.5 Å². The highest BCUT2D eigenvalue weighted by atomic mass is 35.5. The second-order valence-corrected chi connectivity index (χ2v) is 9.48. The Labute approximate surface area is 211 Å². The monoisotopic (exact) mass is 509 g/mol. The third-order valence-electron chi connectivity index (χ3n) is 6.70. The van der Waals surface area contributed by atoms with Crippen molar-refractivity contribution in [1.82, 2.24) is 19.7 Å². The van der Waals surface area contributed by atoms with E-state index in [-0.39, 0.29) is 47.1 Å². The van der Waals surface area contributed by atoms with E-state index < -0.39 is 11.9 Å². The fraction of sp³-hybridized carbons (Fsp3) is 0.333. The number of pyridine rings is 1. The number of anilines is 2. The summed E-state index contributed by atoms with van der Waals surface area (Å²) in [6.45, 7) is 1.18. The van der Waals surface area contributed by atoms with Crippen LogP contribution in [0.4, 0.5) is 11.5 Å². The molecule has 0 spiro atoms. The van der Waals surface area contributed by atoms with E-state index in [1.54, 1.807) is 41.3 Å². The highest BCUT2D eigenvalue weighted by molar-refractivity contribution is 6.29. The van der Waals surface area contributed by atoms with E-state index in [1.165, 1.54) is 11.6 Å². The molecule has 5 rings (SSSR count). The topological polar surface area (TPSA) is 152 Å². The quantitative estimate of drug-likeness (QED) is 0.433. The lowest BCUT2D eigenvalue weighted by Crippen LogP contribution is -2.52. The predicted octanol–water partition coefficient (Wildman–Crippen LogP) is 2.16. The summed E-state index contributed by atoms with van der Waals surface area (Å²) in [6, 6.07) is 9.11. The summed E-state index contributed by atoms with van der Waals surface area (Å²) >= 11 is 5.94. The second kappa shape index (κ2) is 9.23. The molecule has 1 saturated heterocycles. The van der Waals surface area contributed by atoms with Crippen LogP contribution in [0.5, 0.6) is 0 Å². The third-order valence-corrected chi connectivity index (χ3v) is 6.91. The van der Waals surface area contributed by atoms with Gasteiger partial charge in [-0.2, -0.15) is 5.10 Å². The Hall–Kier alpha value is -3.99. The van der Waals surface area contributed by atoms with Gasteiger partial charge in [0.2, 0.25) is 17.7 Å². The molecule has 1 saturated carbocycles. The van der Waals surface area contributed by atoms with Crippen molar-refractivity contribution in [2.24, 2.45) is 11.7 Å². The zero-order valence-electron chi connectivity index (χ0n) is 19.4. The maximum absolute atomic E-state index is 13.6. The third kappa shape index (κ3) is 4.37. The van der Waals surface area contributed by atoms with E-state index in [0.29, 0.717) is 22.4 Å². The molecule has 1 aliphatic carbocycles. The summed E-state index contributed by atoms with van der Waals surface area (Å²) in [5.74, 6) is -1.25. The maximum Gasteiger partial charge on any atom is 0.269 e. The first-order chi connectivity index (χ1) is 17.2. The van der Waals surface area contributed by atoms with Crippen molar-refractivity contribution in [2.45, 2.75) is 44.8 Å². The number of nitrogens with zero attached hydrogens (tertiary/aromatic N) is 4. The molecule has 36 heavy (non-hydrogen) atoms. The molecule has 186 valence electrons. The first-order valence-electron chi connectivity index (χ1n) is 11.5. The van der Waals surface area contributed by atoms with E-state index in [0.717, 1.165) is 19.3 Å². The number of piperidine rings is 1. The van der Waals surface area contributed by atoms with Gasteiger partial charge in [0.05, 0.1) is 5.52 Å². The van der Waals surface area contributed by atoms with E-state index in [9.17, 15) is 19.2 Å². The van der Waals surface area contributed by atoms with E-state index in [4.69, 9.17) is 17.3 Å². The number of rotatable bonds is 6. The minimum atomic E-state index is -0.731. The number of hydrogen-bond donors (Lipinski definition) is 3. The van der Waals surface area contributed by atoms with Crippen LogP contribution < -0.4 is 16.4 Å². The number of halogens is 1. The summed E-state index contributed by atoms with van der Waals surface area (Å²) in [4.78, 5) is 56.0. The van der Waals surface area contributed by atoms with Crippen LogP contribution >= 0.6 is 11.6 Å². The number of carbonyl (C=O) groups excluding carboxylic acids is 4. The van der Waals surface area contributed by atoms with Gasteiger partial charge < -0.3 is 21.3 Å². The summed E-state index contributed by atoms with van der Waals surface area (Å²) < 4.78 is 1.39. The Bertz CT molecular complexity index is 1400. The van der Waals surface area contributed by atoms with Gasteiger partial charge in [0.15, 0.2) is 5.69 Å². The smallest absolute Gasteiger partial charge is 0.269 e. The lowest BCUT2D eigenvalue weighted by atomic mass is 9.97. The van der Waals surface area contributed by atoms with Gasteiger partial charge in [0.25, 0.3) is 5.91 Å². The van der Waals surface area contributed by atoms with E-state index in [1.807, 2.05) is 0 Å². The fourth-order valence-corrected chi connectivity index (χ4v) is 5.49. The molecule has 11 nitrogen and oxygen atoms in total. The average Bonchev–Trinajstić information content (AvgIpc) is 3.52. The van der Waals surface area contributed by atoms with Crippen LogP contribution in [0.1, 0.15) is 36.7 Å². The van der Waals surface area contributed by atoms with Crippen molar-refractivity contribution in [3.63, 3.8) is 0 Å². The molecule has 2 bridgehead atoms. The molecular weight excluding hydrogens is 486 g/mol. The van der Waals surface area contributed by atoms with Crippen LogP contribution in [-0.4, -0.2) is 55.4 Å². The van der Waals surface area contributed by atoms with E-state index >= 15 is 0 Å². The first kappa shape index (κ1) is 23.7. The van der Waals surface area contributed by atoms with Gasteiger partial charge in [-0.15, -0.1) is 0 Å². The van der Waals surface area contributed by atoms with Gasteiger partial charge in [-0.3, -0.25) is 23.9 Å². The number of nitrogens with two attached hydrogens (primary N) is 1. The number of amides is 4. The molecule has 1 aliphatic heterocycles. The zero-order valence-corrected chi connectivity index (χ0v) is 20.2. The standard InChI is InChI=1S/C24H24ClN7O4/c1-12(33)27-14-6-8-16-17(10-14)31(30-21(16)23(26)35)11-20(34)32-15-7-5-13(9-15)22(32)24(36)29-19-4-2-3-18(25)28-19/h2-4,6,8,10,13,15,22H,5,7,9,11H2,1H3,(H2,26,35)(H,27,33)(H,28,29,36). The highest BCUT2D eigenvalue weighted by Crippen LogP contribution is 2.43. The van der Waals surface area contributed by atoms with Gasteiger partial charge in [-0.25, -0.2) is 4.98 Å². The molecule has 2 fully saturated rings. The molecular formula is C24H24ClN7O4. The number of carbonyl (C=O) groups is 4. The zero-order chi connectivity index (χ0) is 25.6. The highest BCUT2D eigenvalue weighted by Gasteiger charge is 2.51. The molecule has 4 amide bonds. The maximum atomic E-state index is 13.6. The Morgan fingerprint density at radius 3 is 2.67 bits per heavy atom. The molecule has 3 heterocycles. The van der Waals surface area contributed by atoms with Crippen molar-refractivity contribution < 1.29 is 19.2 Å². The van der Waals surface area contributed by atoms with Crippen LogP contribution in [0.15, 0.2) is 36.4 Å². The van der Waals surface area contributed by atoms with Gasteiger partial charge in [0, 0.05) is 24.0 Å². The van der Waals surface area contributed by atoms with Gasteiger partial charge in [0.1, 0.15) is 23.6 Å². The number of likely N-dealkylation sites (tertiary alicyclic amines) is 1. The molecule has 2 aromatic heterocycles. The molecule has 3 unspecified atom stereocenters. The van der Waals surface area contributed by atoms with Crippen molar-refractivity contribution in [3.8, 4) is 0 Å². The largest absolute Gasteiger partial charge is 0.364 e. The summed E-state index contributed by atoms with van der Waals surface area (Å²) in [6.07, 6.45) is 2.41. The molecule has 0 radical (unpaired) electrons. The molecule has 4 N–H and O–H groups in total. The summed E-state index contributed by atoms with van der Waals surface area (Å²) in [7, 11) is 0. The molecule has 1 aromatic carbocycles. The number of aromatic nitrogens is 3. The number of fused-ring (bicyclic) bond motifs is 3. The van der Waals surface area contributed by atoms with Crippen molar-refractivity contribution in [1.29, 1.82) is 0 Å². The van der Waals surface area contributed by atoms with Crippen LogP contribution in [0.3, 0.4) is 0 Å². The number of hydrogen-bond acceptors (Lipinski definition) is 6. The molecule has 3 atom stereocenters. The van der Waals surface area contributed by atoms with Crippen LogP contribution in [0.2, 0.25) is 5.15 Å². The molecule has 12 heteroatoms. The Balaban J connectivity index is 1.43. The summed E-state index contributed by atoms with van der Waals surface area (Å²) in [5.41, 5.74) is 6.50. The minimum Gasteiger partial charge on any atom is -0.364 e. The lowest BCUT2D eigenvalue weighted by Gasteiger charge is -2.34. The SMILES string of the molecule is CC(=O)Nc1ccc2c(C(N)=O)nn(CC(=O)N3C4CCC(C4)C3C(=O)Nc3cccc(Cl)n3)c2c1. The Kier molecular flexibility index (Phi) is 6.09. The van der Waals surface area contributed by atoms with Crippen molar-refractivity contribution >= 4 is 57.6 Å². The van der Waals surface area contributed by atoms with Gasteiger partial charge in [-0.1, -0.05) is 17.7 Å². The number of nitrogens with one attached hydrogen (secondary N) is 2. The first-order valence-corrected chi connectivity index (χ1v) is 11.9. The molecule has 3 aromatic rings. The normalized spacial score (nSPS) is 20.5. The van der Waals surface area contributed by atoms with Crippen LogP contribution in [0.25, 0.3) is 10.9 Å². The van der Waals surface area contributed by atoms with Crippen molar-refractivity contribution in [3.05, 3.63) is 47.2 Å². The van der Waals surface area contributed by atoms with Crippen LogP contribution in [0, 0.1) is 5.92 Å². The fourth-order valence-electron chi connectivity index (χ4n) is 5.33. The van der Waals surface area contributed by atoms with Crippen LogP contribution in [-0.2, 0) is 20.9 Å². The molecule has 2 aliphatic rings. The minimum absolute atomic E-state index is 0.0245. The van der Waals surface area contributed by atoms with Gasteiger partial charge >= 0.3 is 0 Å². The number of primary amides is 1. The predicted molar refractivity (Wildman–Crippen MR) is 132 cm³/mol. The second-order valence-electron chi connectivity index (χ2n) is 9.09. The van der Waals surface area contributed by atoms with Crippen molar-refractivity contribution in [2.75, 3.05) is 10.6 Å². The van der Waals surface area contributed by atoms with E-state index in [2.05, 4.69) is 20.7 Å². The lowest BCUT2D eigenvalue weighted by molar-refractivity contribution is -0.141.